The quantitative estimate of drug-likeness (QED) is 0.877. The first-order valence-electron chi connectivity index (χ1n) is 6.44. The van der Waals surface area contributed by atoms with Gasteiger partial charge in [0.25, 0.3) is 5.56 Å². The summed E-state index contributed by atoms with van der Waals surface area (Å²) in [5, 5.41) is 12.9. The summed E-state index contributed by atoms with van der Waals surface area (Å²) < 4.78 is 6.63. The van der Waals surface area contributed by atoms with E-state index >= 15 is 0 Å². The van der Waals surface area contributed by atoms with Gasteiger partial charge in [0.2, 0.25) is 0 Å². The molecule has 0 radical (unpaired) electrons. The van der Waals surface area contributed by atoms with E-state index < -0.39 is 0 Å². The van der Waals surface area contributed by atoms with E-state index in [0.717, 1.165) is 11.3 Å². The van der Waals surface area contributed by atoms with Crippen molar-refractivity contribution in [1.29, 1.82) is 0 Å². The summed E-state index contributed by atoms with van der Waals surface area (Å²) in [5.74, 6) is 0.568. The van der Waals surface area contributed by atoms with Crippen molar-refractivity contribution in [1.82, 2.24) is 4.57 Å². The van der Waals surface area contributed by atoms with Crippen LogP contribution in [0.25, 0.3) is 0 Å². The SMILES string of the molecule is CCn1cc(NCc2ccc(OC)c(O)c2)ccc1=O. The molecule has 2 N–H and O–H groups in total. The summed E-state index contributed by atoms with van der Waals surface area (Å²) in [4.78, 5) is 11.5. The van der Waals surface area contributed by atoms with Gasteiger partial charge in [-0.15, -0.1) is 0 Å². The lowest BCUT2D eigenvalue weighted by Crippen LogP contribution is -2.17. The van der Waals surface area contributed by atoms with Gasteiger partial charge in [0.15, 0.2) is 11.5 Å². The molecule has 0 aliphatic heterocycles. The van der Waals surface area contributed by atoms with Crippen LogP contribution in [0.4, 0.5) is 5.69 Å². The number of phenols is 1. The number of ether oxygens (including phenoxy) is 1. The molecule has 2 aromatic rings. The highest BCUT2D eigenvalue weighted by Crippen LogP contribution is 2.26. The fourth-order valence-corrected chi connectivity index (χ4v) is 1.93. The Morgan fingerprint density at radius 3 is 2.75 bits per heavy atom. The Kier molecular flexibility index (Phi) is 4.30. The molecule has 0 aliphatic rings. The lowest BCUT2D eigenvalue weighted by Gasteiger charge is -2.10. The van der Waals surface area contributed by atoms with Gasteiger partial charge in [-0.25, -0.2) is 0 Å². The number of hydrogen-bond donors (Lipinski definition) is 2. The van der Waals surface area contributed by atoms with Crippen molar-refractivity contribution >= 4 is 5.69 Å². The second-order valence-electron chi connectivity index (χ2n) is 4.40. The van der Waals surface area contributed by atoms with Gasteiger partial charge in [0.1, 0.15) is 0 Å². The molecule has 0 spiro atoms. The maximum absolute atomic E-state index is 11.5. The number of rotatable bonds is 5. The molecular formula is C15H18N2O3. The monoisotopic (exact) mass is 274 g/mol. The highest BCUT2D eigenvalue weighted by molar-refractivity contribution is 5.45. The molecule has 0 saturated carbocycles. The summed E-state index contributed by atoms with van der Waals surface area (Å²) in [6, 6.07) is 8.54. The van der Waals surface area contributed by atoms with E-state index in [4.69, 9.17) is 4.74 Å². The zero-order valence-corrected chi connectivity index (χ0v) is 11.6. The average Bonchev–Trinajstić information content (AvgIpc) is 2.46. The van der Waals surface area contributed by atoms with Crippen molar-refractivity contribution in [3.63, 3.8) is 0 Å². The van der Waals surface area contributed by atoms with Crippen LogP contribution < -0.4 is 15.6 Å². The first-order chi connectivity index (χ1) is 9.63. The second kappa shape index (κ2) is 6.14. The van der Waals surface area contributed by atoms with Crippen LogP contribution in [0.2, 0.25) is 0 Å². The van der Waals surface area contributed by atoms with E-state index in [0.29, 0.717) is 18.8 Å². The molecule has 1 aromatic carbocycles. The van der Waals surface area contributed by atoms with Crippen molar-refractivity contribution in [2.24, 2.45) is 0 Å². The number of nitrogens with one attached hydrogen (secondary N) is 1. The van der Waals surface area contributed by atoms with Crippen molar-refractivity contribution in [3.8, 4) is 11.5 Å². The number of aryl methyl sites for hydroxylation is 1. The molecule has 1 aromatic heterocycles. The van der Waals surface area contributed by atoms with Crippen molar-refractivity contribution in [2.45, 2.75) is 20.0 Å². The summed E-state index contributed by atoms with van der Waals surface area (Å²) in [7, 11) is 1.51. The molecule has 0 fully saturated rings. The van der Waals surface area contributed by atoms with E-state index in [9.17, 15) is 9.90 Å². The molecule has 0 amide bonds. The van der Waals surface area contributed by atoms with Crippen LogP contribution in [0.3, 0.4) is 0 Å². The Morgan fingerprint density at radius 1 is 1.30 bits per heavy atom. The Balaban J connectivity index is 2.08. The van der Waals surface area contributed by atoms with Crippen LogP contribution in [0.1, 0.15) is 12.5 Å². The van der Waals surface area contributed by atoms with Gasteiger partial charge in [-0.05, 0) is 30.7 Å². The molecule has 0 unspecified atom stereocenters. The van der Waals surface area contributed by atoms with Gasteiger partial charge in [-0.1, -0.05) is 6.07 Å². The largest absolute Gasteiger partial charge is 0.504 e. The minimum Gasteiger partial charge on any atom is -0.504 e. The Bertz CT molecular complexity index is 650. The predicted octanol–water partition coefficient (Wildman–Crippen LogP) is 2.19. The minimum absolute atomic E-state index is 0.0138. The molecule has 0 aliphatic carbocycles. The number of phenolic OH excluding ortho intramolecular Hbond substituents is 1. The van der Waals surface area contributed by atoms with E-state index in [-0.39, 0.29) is 11.3 Å². The van der Waals surface area contributed by atoms with Crippen LogP contribution in [0.5, 0.6) is 11.5 Å². The van der Waals surface area contributed by atoms with E-state index in [2.05, 4.69) is 5.32 Å². The van der Waals surface area contributed by atoms with Gasteiger partial charge in [0, 0.05) is 25.4 Å². The van der Waals surface area contributed by atoms with Gasteiger partial charge in [0.05, 0.1) is 12.8 Å². The number of aromatic nitrogens is 1. The van der Waals surface area contributed by atoms with Crippen molar-refractivity contribution in [2.75, 3.05) is 12.4 Å². The van der Waals surface area contributed by atoms with Gasteiger partial charge in [-0.2, -0.15) is 0 Å². The first-order valence-corrected chi connectivity index (χ1v) is 6.44. The molecule has 20 heavy (non-hydrogen) atoms. The summed E-state index contributed by atoms with van der Waals surface area (Å²) in [6.45, 7) is 3.11. The molecule has 5 nitrogen and oxygen atoms in total. The smallest absolute Gasteiger partial charge is 0.250 e. The Hall–Kier alpha value is -2.43. The Morgan fingerprint density at radius 2 is 2.10 bits per heavy atom. The minimum atomic E-state index is -0.0138. The zero-order valence-electron chi connectivity index (χ0n) is 11.6. The molecule has 1 heterocycles. The maximum Gasteiger partial charge on any atom is 0.250 e. The third kappa shape index (κ3) is 3.12. The Labute approximate surface area is 117 Å². The molecule has 0 atom stereocenters. The van der Waals surface area contributed by atoms with Crippen LogP contribution in [-0.2, 0) is 13.1 Å². The maximum atomic E-state index is 11.5. The molecule has 106 valence electrons. The predicted molar refractivity (Wildman–Crippen MR) is 78.4 cm³/mol. The van der Waals surface area contributed by atoms with Crippen LogP contribution >= 0.6 is 0 Å². The molecule has 2 rings (SSSR count). The number of aromatic hydroxyl groups is 1. The zero-order chi connectivity index (χ0) is 14.5. The lowest BCUT2D eigenvalue weighted by atomic mass is 10.2. The first kappa shape index (κ1) is 14.0. The number of hydrogen-bond acceptors (Lipinski definition) is 4. The fraction of sp³-hybridized carbons (Fsp3) is 0.267. The molecule has 0 saturated heterocycles. The average molecular weight is 274 g/mol. The van der Waals surface area contributed by atoms with Gasteiger partial charge < -0.3 is 19.7 Å². The molecular weight excluding hydrogens is 256 g/mol. The number of pyridine rings is 1. The summed E-state index contributed by atoms with van der Waals surface area (Å²) >= 11 is 0. The van der Waals surface area contributed by atoms with Gasteiger partial charge >= 0.3 is 0 Å². The standard InChI is InChI=1S/C15H18N2O3/c1-3-17-10-12(5-7-15(17)19)16-9-11-4-6-14(20-2)13(18)8-11/h4-8,10,16,18H,3,9H2,1-2H3. The van der Waals surface area contributed by atoms with E-state index in [1.807, 2.05) is 13.0 Å². The fourth-order valence-electron chi connectivity index (χ4n) is 1.93. The highest BCUT2D eigenvalue weighted by atomic mass is 16.5. The normalized spacial score (nSPS) is 10.3. The summed E-state index contributed by atoms with van der Waals surface area (Å²) in [5.41, 5.74) is 1.78. The van der Waals surface area contributed by atoms with Crippen LogP contribution in [-0.4, -0.2) is 16.8 Å². The van der Waals surface area contributed by atoms with Crippen molar-refractivity contribution in [3.05, 3.63) is 52.4 Å². The van der Waals surface area contributed by atoms with Crippen LogP contribution in [0.15, 0.2) is 41.3 Å². The molecule has 0 bridgehead atoms. The number of anilines is 1. The third-order valence-corrected chi connectivity index (χ3v) is 3.06. The number of nitrogens with zero attached hydrogens (tertiary/aromatic N) is 1. The van der Waals surface area contributed by atoms with E-state index in [1.165, 1.54) is 13.2 Å². The topological polar surface area (TPSA) is 63.5 Å². The lowest BCUT2D eigenvalue weighted by molar-refractivity contribution is 0.373. The van der Waals surface area contributed by atoms with E-state index in [1.54, 1.807) is 29.0 Å². The number of benzene rings is 1. The molecule has 5 heteroatoms. The van der Waals surface area contributed by atoms with Crippen LogP contribution in [0, 0.1) is 0 Å². The third-order valence-electron chi connectivity index (χ3n) is 3.06. The summed E-state index contributed by atoms with van der Waals surface area (Å²) in [6.07, 6.45) is 1.78. The highest BCUT2D eigenvalue weighted by Gasteiger charge is 2.03. The van der Waals surface area contributed by atoms with Crippen molar-refractivity contribution < 1.29 is 9.84 Å². The van der Waals surface area contributed by atoms with Gasteiger partial charge in [-0.3, -0.25) is 4.79 Å². The number of methoxy groups -OCH3 is 1. The second-order valence-corrected chi connectivity index (χ2v) is 4.40.